The molecule has 2 aliphatic carbocycles. The molecule has 5 heteroatoms. The predicted octanol–water partition coefficient (Wildman–Crippen LogP) is 0.00990. The van der Waals surface area contributed by atoms with Crippen molar-refractivity contribution in [1.29, 1.82) is 0 Å². The largest absolute Gasteiger partial charge is 0.361 e. The Morgan fingerprint density at radius 1 is 1.33 bits per heavy atom. The average Bonchev–Trinajstić information content (AvgIpc) is 2.78. The summed E-state index contributed by atoms with van der Waals surface area (Å²) in [5, 5.41) is 3.77. The molecular formula is C10H15N3O2. The van der Waals surface area contributed by atoms with E-state index in [1.807, 2.05) is 0 Å². The third-order valence-electron chi connectivity index (χ3n) is 3.45. The normalized spacial score (nSPS) is 33.5. The summed E-state index contributed by atoms with van der Waals surface area (Å²) in [5.74, 6) is 0.189. The van der Waals surface area contributed by atoms with Crippen LogP contribution in [0.5, 0.6) is 0 Å². The van der Waals surface area contributed by atoms with E-state index in [0.717, 1.165) is 11.8 Å². The van der Waals surface area contributed by atoms with Gasteiger partial charge in [0.15, 0.2) is 0 Å². The molecule has 0 aliphatic heterocycles. The van der Waals surface area contributed by atoms with Crippen molar-refractivity contribution >= 4 is 18.0 Å². The summed E-state index contributed by atoms with van der Waals surface area (Å²) >= 11 is 0. The molecule has 82 valence electrons. The Hall–Kier alpha value is -1.39. The van der Waals surface area contributed by atoms with Crippen molar-refractivity contribution in [1.82, 2.24) is 5.43 Å². The zero-order chi connectivity index (χ0) is 10.8. The van der Waals surface area contributed by atoms with E-state index in [2.05, 4.69) is 10.5 Å². The van der Waals surface area contributed by atoms with Crippen LogP contribution >= 0.6 is 0 Å². The van der Waals surface area contributed by atoms with Crippen LogP contribution in [-0.2, 0) is 9.59 Å². The summed E-state index contributed by atoms with van der Waals surface area (Å²) in [6.45, 7) is 0. The molecule has 2 amide bonds. The van der Waals surface area contributed by atoms with Crippen molar-refractivity contribution in [3.05, 3.63) is 0 Å². The van der Waals surface area contributed by atoms with Crippen molar-refractivity contribution in [2.24, 2.45) is 28.6 Å². The van der Waals surface area contributed by atoms with Crippen LogP contribution in [0.25, 0.3) is 0 Å². The second-order valence-corrected chi connectivity index (χ2v) is 4.42. The Kier molecular flexibility index (Phi) is 2.70. The molecule has 0 radical (unpaired) electrons. The van der Waals surface area contributed by atoms with Crippen LogP contribution in [0.2, 0.25) is 0 Å². The number of fused-ring (bicyclic) bond motifs is 2. The van der Waals surface area contributed by atoms with E-state index in [9.17, 15) is 9.59 Å². The Labute approximate surface area is 88.1 Å². The molecular weight excluding hydrogens is 194 g/mol. The summed E-state index contributed by atoms with van der Waals surface area (Å²) in [6.07, 6.45) is 6.82. The minimum Gasteiger partial charge on any atom is -0.361 e. The van der Waals surface area contributed by atoms with Crippen molar-refractivity contribution < 1.29 is 9.59 Å². The summed E-state index contributed by atoms with van der Waals surface area (Å²) in [7, 11) is 0. The van der Waals surface area contributed by atoms with Crippen LogP contribution in [0.3, 0.4) is 0 Å². The lowest BCUT2D eigenvalue weighted by Gasteiger charge is -2.16. The number of carbonyl (C=O) groups excluding carboxylic acids is 2. The Balaban J connectivity index is 1.80. The van der Waals surface area contributed by atoms with Gasteiger partial charge in [-0.25, -0.2) is 5.43 Å². The second kappa shape index (κ2) is 4.00. The molecule has 5 nitrogen and oxygen atoms in total. The summed E-state index contributed by atoms with van der Waals surface area (Å²) in [5.41, 5.74) is 6.89. The fourth-order valence-electron chi connectivity index (χ4n) is 2.72. The van der Waals surface area contributed by atoms with E-state index < -0.39 is 11.8 Å². The average molecular weight is 209 g/mol. The first kappa shape index (κ1) is 10.1. The minimum atomic E-state index is -1.000. The highest BCUT2D eigenvalue weighted by Crippen LogP contribution is 2.47. The van der Waals surface area contributed by atoms with Gasteiger partial charge < -0.3 is 5.73 Å². The molecule has 0 spiro atoms. The molecule has 3 N–H and O–H groups in total. The smallest absolute Gasteiger partial charge is 0.329 e. The standard InChI is InChI=1S/C10H15N3O2/c11-9(14)10(15)13-12-5-8-4-6-1-2-7(8)3-6/h5-8H,1-4H2,(H2,11,14)(H,13,15)/b12-5-/t6-,7-,8-/m1/s1. The fraction of sp³-hybridized carbons (Fsp3) is 0.700. The van der Waals surface area contributed by atoms with E-state index in [0.29, 0.717) is 5.92 Å². The zero-order valence-electron chi connectivity index (χ0n) is 8.48. The summed E-state index contributed by atoms with van der Waals surface area (Å²) in [4.78, 5) is 21.2. The molecule has 2 saturated carbocycles. The van der Waals surface area contributed by atoms with Gasteiger partial charge in [-0.15, -0.1) is 0 Å². The lowest BCUT2D eigenvalue weighted by Crippen LogP contribution is -2.33. The van der Waals surface area contributed by atoms with Crippen LogP contribution in [-0.4, -0.2) is 18.0 Å². The SMILES string of the molecule is NC(=O)C(=O)N/N=C\[C@H]1C[C@@H]2CC[C@@H]1C2. The number of nitrogens with zero attached hydrogens (tertiary/aromatic N) is 1. The lowest BCUT2D eigenvalue weighted by atomic mass is 9.90. The fourth-order valence-corrected chi connectivity index (χ4v) is 2.72. The van der Waals surface area contributed by atoms with Gasteiger partial charge in [0.1, 0.15) is 0 Å². The van der Waals surface area contributed by atoms with Crippen molar-refractivity contribution in [2.45, 2.75) is 25.7 Å². The number of hydrazone groups is 1. The highest BCUT2D eigenvalue weighted by molar-refractivity contribution is 6.34. The molecule has 2 fully saturated rings. The maximum atomic E-state index is 10.8. The van der Waals surface area contributed by atoms with Crippen LogP contribution in [0.1, 0.15) is 25.7 Å². The van der Waals surface area contributed by atoms with Crippen molar-refractivity contribution in [3.63, 3.8) is 0 Å². The van der Waals surface area contributed by atoms with Gasteiger partial charge >= 0.3 is 11.8 Å². The molecule has 2 rings (SSSR count). The molecule has 3 atom stereocenters. The molecule has 2 bridgehead atoms. The Morgan fingerprint density at radius 3 is 2.67 bits per heavy atom. The van der Waals surface area contributed by atoms with E-state index in [1.54, 1.807) is 6.21 Å². The third kappa shape index (κ3) is 2.16. The Bertz CT molecular complexity index is 314. The molecule has 0 aromatic rings. The van der Waals surface area contributed by atoms with Crippen LogP contribution in [0, 0.1) is 17.8 Å². The summed E-state index contributed by atoms with van der Waals surface area (Å²) < 4.78 is 0. The first-order valence-electron chi connectivity index (χ1n) is 5.29. The highest BCUT2D eigenvalue weighted by Gasteiger charge is 2.38. The van der Waals surface area contributed by atoms with E-state index in [1.165, 1.54) is 25.7 Å². The van der Waals surface area contributed by atoms with Crippen molar-refractivity contribution in [3.8, 4) is 0 Å². The van der Waals surface area contributed by atoms with Crippen molar-refractivity contribution in [2.75, 3.05) is 0 Å². The number of carbonyl (C=O) groups is 2. The van der Waals surface area contributed by atoms with Gasteiger partial charge in [-0.05, 0) is 37.0 Å². The number of hydrogen-bond donors (Lipinski definition) is 2. The number of amides is 2. The van der Waals surface area contributed by atoms with Gasteiger partial charge in [0, 0.05) is 6.21 Å². The Morgan fingerprint density at radius 2 is 2.13 bits per heavy atom. The molecule has 0 unspecified atom stereocenters. The number of nitrogens with one attached hydrogen (secondary N) is 1. The first-order valence-corrected chi connectivity index (χ1v) is 5.29. The first-order chi connectivity index (χ1) is 7.16. The maximum absolute atomic E-state index is 10.8. The monoisotopic (exact) mass is 209 g/mol. The van der Waals surface area contributed by atoms with Crippen LogP contribution in [0.15, 0.2) is 5.10 Å². The van der Waals surface area contributed by atoms with Gasteiger partial charge in [-0.2, -0.15) is 5.10 Å². The minimum absolute atomic E-state index is 0.469. The number of primary amides is 1. The van der Waals surface area contributed by atoms with Gasteiger partial charge in [-0.3, -0.25) is 9.59 Å². The molecule has 0 aromatic carbocycles. The molecule has 0 aromatic heterocycles. The molecule has 2 aliphatic rings. The van der Waals surface area contributed by atoms with E-state index in [-0.39, 0.29) is 0 Å². The van der Waals surface area contributed by atoms with Gasteiger partial charge in [0.05, 0.1) is 0 Å². The highest BCUT2D eigenvalue weighted by atomic mass is 16.2. The molecule has 0 heterocycles. The van der Waals surface area contributed by atoms with E-state index in [4.69, 9.17) is 5.73 Å². The molecule has 15 heavy (non-hydrogen) atoms. The second-order valence-electron chi connectivity index (χ2n) is 4.42. The summed E-state index contributed by atoms with van der Waals surface area (Å²) in [6, 6.07) is 0. The third-order valence-corrected chi connectivity index (χ3v) is 3.45. The van der Waals surface area contributed by atoms with Gasteiger partial charge in [-0.1, -0.05) is 6.42 Å². The van der Waals surface area contributed by atoms with Crippen LogP contribution < -0.4 is 11.2 Å². The predicted molar refractivity (Wildman–Crippen MR) is 54.8 cm³/mol. The quantitative estimate of drug-likeness (QED) is 0.381. The number of rotatable bonds is 2. The van der Waals surface area contributed by atoms with Gasteiger partial charge in [0.2, 0.25) is 0 Å². The van der Waals surface area contributed by atoms with Crippen LogP contribution in [0.4, 0.5) is 0 Å². The maximum Gasteiger partial charge on any atom is 0.329 e. The van der Waals surface area contributed by atoms with E-state index >= 15 is 0 Å². The zero-order valence-corrected chi connectivity index (χ0v) is 8.48. The lowest BCUT2D eigenvalue weighted by molar-refractivity contribution is -0.137. The number of hydrogen-bond acceptors (Lipinski definition) is 3. The molecule has 0 saturated heterocycles. The van der Waals surface area contributed by atoms with Gasteiger partial charge in [0.25, 0.3) is 0 Å². The number of nitrogens with two attached hydrogens (primary N) is 1. The topological polar surface area (TPSA) is 84.5 Å².